The molecule has 2 aromatic carbocycles. The summed E-state index contributed by atoms with van der Waals surface area (Å²) in [6, 6.07) is 16.8. The monoisotopic (exact) mass is 338 g/mol. The Bertz CT molecular complexity index is 726. The largest absolute Gasteiger partial charge is 0.325 e. The minimum Gasteiger partial charge on any atom is -0.325 e. The van der Waals surface area contributed by atoms with Crippen LogP contribution < -0.4 is 10.6 Å². The molecule has 0 unspecified atom stereocenters. The molecule has 0 aliphatic carbocycles. The second kappa shape index (κ2) is 8.58. The first-order valence-corrected chi connectivity index (χ1v) is 8.61. The Morgan fingerprint density at radius 1 is 0.920 bits per heavy atom. The van der Waals surface area contributed by atoms with Gasteiger partial charge in [0.15, 0.2) is 5.78 Å². The van der Waals surface area contributed by atoms with Gasteiger partial charge in [-0.3, -0.25) is 14.9 Å². The Kier molecular flexibility index (Phi) is 6.48. The zero-order valence-electron chi connectivity index (χ0n) is 15.2. The summed E-state index contributed by atoms with van der Waals surface area (Å²) >= 11 is 0. The molecule has 132 valence electrons. The molecule has 0 aliphatic heterocycles. The maximum Gasteiger partial charge on any atom is 0.241 e. The quantitative estimate of drug-likeness (QED) is 0.744. The van der Waals surface area contributed by atoms with E-state index in [0.29, 0.717) is 17.2 Å². The summed E-state index contributed by atoms with van der Waals surface area (Å²) in [7, 11) is 0. The van der Waals surface area contributed by atoms with Gasteiger partial charge in [0.05, 0.1) is 6.04 Å². The molecular formula is C21H26N2O2. The van der Waals surface area contributed by atoms with Crippen LogP contribution in [0, 0.1) is 5.92 Å². The predicted octanol–water partition coefficient (Wildman–Crippen LogP) is 4.20. The van der Waals surface area contributed by atoms with Crippen molar-refractivity contribution in [3.05, 3.63) is 65.7 Å². The number of anilines is 1. The van der Waals surface area contributed by atoms with Gasteiger partial charge in [-0.15, -0.1) is 0 Å². The molecule has 0 spiro atoms. The molecule has 2 atom stereocenters. The van der Waals surface area contributed by atoms with Crippen LogP contribution in [0.25, 0.3) is 0 Å². The molecule has 2 rings (SSSR count). The molecule has 0 saturated carbocycles. The van der Waals surface area contributed by atoms with Crippen LogP contribution in [0.3, 0.4) is 0 Å². The molecule has 25 heavy (non-hydrogen) atoms. The fraction of sp³-hybridized carbons (Fsp3) is 0.333. The van der Waals surface area contributed by atoms with E-state index < -0.39 is 0 Å². The van der Waals surface area contributed by atoms with Gasteiger partial charge in [0.1, 0.15) is 0 Å². The summed E-state index contributed by atoms with van der Waals surface area (Å²) in [4.78, 5) is 24.0. The summed E-state index contributed by atoms with van der Waals surface area (Å²) < 4.78 is 0. The topological polar surface area (TPSA) is 58.2 Å². The van der Waals surface area contributed by atoms with E-state index in [9.17, 15) is 9.59 Å². The second-order valence-corrected chi connectivity index (χ2v) is 6.65. The second-order valence-electron chi connectivity index (χ2n) is 6.65. The molecule has 0 heterocycles. The lowest BCUT2D eigenvalue weighted by atomic mass is 9.95. The van der Waals surface area contributed by atoms with Crippen molar-refractivity contribution >= 4 is 17.4 Å². The zero-order chi connectivity index (χ0) is 18.4. The molecule has 0 bridgehead atoms. The van der Waals surface area contributed by atoms with Crippen molar-refractivity contribution in [2.45, 2.75) is 39.8 Å². The Labute approximate surface area is 149 Å². The average Bonchev–Trinajstić information content (AvgIpc) is 2.60. The van der Waals surface area contributed by atoms with Crippen molar-refractivity contribution in [3.8, 4) is 0 Å². The summed E-state index contributed by atoms with van der Waals surface area (Å²) in [5, 5.41) is 6.29. The minimum absolute atomic E-state index is 0.0220. The molecule has 0 radical (unpaired) electrons. The van der Waals surface area contributed by atoms with Gasteiger partial charge in [-0.1, -0.05) is 56.3 Å². The van der Waals surface area contributed by atoms with Crippen molar-refractivity contribution in [3.63, 3.8) is 0 Å². The third-order valence-corrected chi connectivity index (χ3v) is 4.18. The zero-order valence-corrected chi connectivity index (χ0v) is 15.2. The fourth-order valence-electron chi connectivity index (χ4n) is 2.75. The summed E-state index contributed by atoms with van der Waals surface area (Å²) in [6.07, 6.45) is 0. The maximum absolute atomic E-state index is 12.5. The number of carbonyl (C=O) groups excluding carboxylic acids is 2. The number of amides is 1. The van der Waals surface area contributed by atoms with E-state index in [1.54, 1.807) is 24.3 Å². The van der Waals surface area contributed by atoms with E-state index >= 15 is 0 Å². The van der Waals surface area contributed by atoms with E-state index in [4.69, 9.17) is 0 Å². The van der Waals surface area contributed by atoms with E-state index in [1.807, 2.05) is 25.1 Å². The number of carbonyl (C=O) groups is 2. The van der Waals surface area contributed by atoms with Crippen LogP contribution >= 0.6 is 0 Å². The summed E-state index contributed by atoms with van der Waals surface area (Å²) in [5.74, 6) is 0.201. The number of hydrogen-bond donors (Lipinski definition) is 2. The molecular weight excluding hydrogens is 312 g/mol. The lowest BCUT2D eigenvalue weighted by molar-refractivity contribution is -0.118. The molecule has 2 N–H and O–H groups in total. The van der Waals surface area contributed by atoms with E-state index in [2.05, 4.69) is 36.6 Å². The van der Waals surface area contributed by atoms with E-state index in [-0.39, 0.29) is 23.8 Å². The van der Waals surface area contributed by atoms with E-state index in [0.717, 1.165) is 5.56 Å². The highest BCUT2D eigenvalue weighted by molar-refractivity contribution is 5.98. The van der Waals surface area contributed by atoms with Crippen molar-refractivity contribution in [2.75, 3.05) is 5.32 Å². The number of hydrogen-bond acceptors (Lipinski definition) is 3. The van der Waals surface area contributed by atoms with Crippen molar-refractivity contribution < 1.29 is 9.59 Å². The highest BCUT2D eigenvalue weighted by atomic mass is 16.2. The highest BCUT2D eigenvalue weighted by Crippen LogP contribution is 2.22. The van der Waals surface area contributed by atoms with Crippen LogP contribution in [0.4, 0.5) is 5.69 Å². The van der Waals surface area contributed by atoms with Gasteiger partial charge in [0, 0.05) is 17.3 Å². The van der Waals surface area contributed by atoms with Gasteiger partial charge in [-0.2, -0.15) is 0 Å². The smallest absolute Gasteiger partial charge is 0.241 e. The maximum atomic E-state index is 12.5. The molecule has 0 aromatic heterocycles. The van der Waals surface area contributed by atoms with Crippen molar-refractivity contribution in [2.24, 2.45) is 5.92 Å². The third-order valence-electron chi connectivity index (χ3n) is 4.18. The number of Topliss-reactive ketones (excluding diaryl/α,β-unsaturated/α-hetero) is 1. The van der Waals surface area contributed by atoms with Gasteiger partial charge in [-0.05, 0) is 37.5 Å². The van der Waals surface area contributed by atoms with Crippen LogP contribution in [0.5, 0.6) is 0 Å². The fourth-order valence-corrected chi connectivity index (χ4v) is 2.75. The van der Waals surface area contributed by atoms with Crippen LogP contribution in [-0.2, 0) is 4.79 Å². The molecule has 0 saturated heterocycles. The van der Waals surface area contributed by atoms with Crippen LogP contribution in [-0.4, -0.2) is 17.7 Å². The van der Waals surface area contributed by atoms with E-state index in [1.165, 1.54) is 6.92 Å². The number of nitrogens with one attached hydrogen (secondary N) is 2. The first-order valence-electron chi connectivity index (χ1n) is 8.61. The number of ketones is 1. The summed E-state index contributed by atoms with van der Waals surface area (Å²) in [6.45, 7) is 7.62. The summed E-state index contributed by atoms with van der Waals surface area (Å²) in [5.41, 5.74) is 2.38. The van der Waals surface area contributed by atoms with Gasteiger partial charge in [0.25, 0.3) is 0 Å². The average molecular weight is 338 g/mol. The van der Waals surface area contributed by atoms with Crippen LogP contribution in [0.2, 0.25) is 0 Å². The minimum atomic E-state index is -0.367. The van der Waals surface area contributed by atoms with Gasteiger partial charge in [-0.25, -0.2) is 0 Å². The molecule has 2 aromatic rings. The van der Waals surface area contributed by atoms with Crippen LogP contribution in [0.1, 0.15) is 49.7 Å². The number of benzene rings is 2. The first kappa shape index (κ1) is 18.9. The Balaban J connectivity index is 2.06. The van der Waals surface area contributed by atoms with Gasteiger partial charge >= 0.3 is 0 Å². The Morgan fingerprint density at radius 3 is 2.20 bits per heavy atom. The lowest BCUT2D eigenvalue weighted by Crippen LogP contribution is -2.41. The van der Waals surface area contributed by atoms with Crippen molar-refractivity contribution in [1.29, 1.82) is 0 Å². The van der Waals surface area contributed by atoms with Gasteiger partial charge < -0.3 is 5.32 Å². The molecule has 4 heteroatoms. The molecule has 1 amide bonds. The Morgan fingerprint density at radius 2 is 1.60 bits per heavy atom. The predicted molar refractivity (Wildman–Crippen MR) is 102 cm³/mol. The highest BCUT2D eigenvalue weighted by Gasteiger charge is 2.21. The Hall–Kier alpha value is -2.46. The lowest BCUT2D eigenvalue weighted by Gasteiger charge is -2.26. The van der Waals surface area contributed by atoms with Gasteiger partial charge in [0.2, 0.25) is 5.91 Å². The van der Waals surface area contributed by atoms with Crippen molar-refractivity contribution in [1.82, 2.24) is 5.32 Å². The molecule has 4 nitrogen and oxygen atoms in total. The first-order chi connectivity index (χ1) is 11.9. The standard InChI is InChI=1S/C21H26N2O2/c1-14(2)20(17-9-6-5-7-10-17)22-15(3)21(25)23-19-12-8-11-18(13-19)16(4)24/h5-15,20,22H,1-4H3,(H,23,25)/t15-,20+/m1/s1. The number of rotatable bonds is 7. The normalized spacial score (nSPS) is 13.3. The third kappa shape index (κ3) is 5.26. The molecule has 0 fully saturated rings. The molecule has 0 aliphatic rings. The SMILES string of the molecule is CC(=O)c1cccc(NC(=O)[C@@H](C)N[C@H](c2ccccc2)C(C)C)c1. The van der Waals surface area contributed by atoms with Crippen LogP contribution in [0.15, 0.2) is 54.6 Å².